The van der Waals surface area contributed by atoms with Gasteiger partial charge in [0.05, 0.1) is 20.6 Å². The topological polar surface area (TPSA) is 41.5 Å². The SMILES string of the molecule is CCc1ccc(/C=C2\SC(=Nc3cccc(Cl)c3Cl)NC2=O)cc1. The van der Waals surface area contributed by atoms with Gasteiger partial charge in [-0.2, -0.15) is 0 Å². The molecule has 0 bridgehead atoms. The first-order chi connectivity index (χ1) is 11.6. The number of amides is 1. The quantitative estimate of drug-likeness (QED) is 0.723. The molecule has 0 atom stereocenters. The van der Waals surface area contributed by atoms with Gasteiger partial charge in [-0.3, -0.25) is 4.79 Å². The predicted molar refractivity (Wildman–Crippen MR) is 103 cm³/mol. The van der Waals surface area contributed by atoms with E-state index in [4.69, 9.17) is 23.2 Å². The maximum atomic E-state index is 12.1. The third-order valence-corrected chi connectivity index (χ3v) is 5.21. The van der Waals surface area contributed by atoms with Crippen molar-refractivity contribution < 1.29 is 4.79 Å². The second-order valence-corrected chi connectivity index (χ2v) is 6.97. The van der Waals surface area contributed by atoms with Crippen molar-refractivity contribution in [2.24, 2.45) is 4.99 Å². The Kier molecular flexibility index (Phi) is 5.29. The van der Waals surface area contributed by atoms with Crippen LogP contribution in [0.3, 0.4) is 0 Å². The van der Waals surface area contributed by atoms with Crippen LogP contribution >= 0.6 is 35.0 Å². The lowest BCUT2D eigenvalue weighted by atomic mass is 10.1. The summed E-state index contributed by atoms with van der Waals surface area (Å²) in [4.78, 5) is 17.1. The van der Waals surface area contributed by atoms with Crippen LogP contribution in [0.1, 0.15) is 18.1 Å². The number of nitrogens with zero attached hydrogens (tertiary/aromatic N) is 1. The zero-order valence-electron chi connectivity index (χ0n) is 12.8. The predicted octanol–water partition coefficient (Wildman–Crippen LogP) is 5.45. The van der Waals surface area contributed by atoms with Crippen molar-refractivity contribution in [2.45, 2.75) is 13.3 Å². The number of carbonyl (C=O) groups is 1. The third kappa shape index (κ3) is 3.83. The second kappa shape index (κ2) is 7.43. The van der Waals surface area contributed by atoms with E-state index in [0.29, 0.717) is 25.8 Å². The number of thioether (sulfide) groups is 1. The highest BCUT2D eigenvalue weighted by Gasteiger charge is 2.24. The van der Waals surface area contributed by atoms with Gasteiger partial charge in [-0.15, -0.1) is 0 Å². The Labute approximate surface area is 154 Å². The number of rotatable bonds is 3. The Morgan fingerprint density at radius 1 is 1.17 bits per heavy atom. The first-order valence-corrected chi connectivity index (χ1v) is 8.96. The summed E-state index contributed by atoms with van der Waals surface area (Å²) < 4.78 is 0. The van der Waals surface area contributed by atoms with E-state index in [1.54, 1.807) is 18.2 Å². The summed E-state index contributed by atoms with van der Waals surface area (Å²) in [6, 6.07) is 13.3. The van der Waals surface area contributed by atoms with E-state index in [1.807, 2.05) is 18.2 Å². The van der Waals surface area contributed by atoms with Gasteiger partial charge in [-0.1, -0.05) is 60.5 Å². The standard InChI is InChI=1S/C18H14Cl2N2OS/c1-2-11-6-8-12(9-7-11)10-15-17(23)22-18(24-15)21-14-5-3-4-13(19)16(14)20/h3-10H,2H2,1H3,(H,21,22,23)/b15-10-. The van der Waals surface area contributed by atoms with Gasteiger partial charge >= 0.3 is 0 Å². The van der Waals surface area contributed by atoms with Crippen molar-refractivity contribution >= 4 is 57.8 Å². The maximum absolute atomic E-state index is 12.1. The molecule has 1 N–H and O–H groups in total. The molecule has 1 aliphatic heterocycles. The van der Waals surface area contributed by atoms with Gasteiger partial charge in [-0.05, 0) is 47.5 Å². The van der Waals surface area contributed by atoms with Gasteiger partial charge in [0, 0.05) is 0 Å². The van der Waals surface area contributed by atoms with Crippen molar-refractivity contribution in [3.05, 3.63) is 68.5 Å². The Morgan fingerprint density at radius 2 is 1.92 bits per heavy atom. The van der Waals surface area contributed by atoms with E-state index in [0.717, 1.165) is 12.0 Å². The number of aliphatic imine (C=N–C) groups is 1. The summed E-state index contributed by atoms with van der Waals surface area (Å²) in [6.45, 7) is 2.11. The fourth-order valence-electron chi connectivity index (χ4n) is 2.17. The molecule has 122 valence electrons. The molecule has 1 fully saturated rings. The Bertz CT molecular complexity index is 845. The molecule has 24 heavy (non-hydrogen) atoms. The molecule has 0 saturated carbocycles. The smallest absolute Gasteiger partial charge is 0.264 e. The molecule has 0 spiro atoms. The summed E-state index contributed by atoms with van der Waals surface area (Å²) >= 11 is 13.4. The highest BCUT2D eigenvalue weighted by Crippen LogP contribution is 2.34. The Morgan fingerprint density at radius 3 is 2.62 bits per heavy atom. The van der Waals surface area contributed by atoms with E-state index in [2.05, 4.69) is 29.4 Å². The molecular weight excluding hydrogens is 363 g/mol. The van der Waals surface area contributed by atoms with Crippen molar-refractivity contribution in [1.29, 1.82) is 0 Å². The van der Waals surface area contributed by atoms with Crippen LogP contribution in [0.2, 0.25) is 10.0 Å². The van der Waals surface area contributed by atoms with Gasteiger partial charge in [-0.25, -0.2) is 4.99 Å². The minimum absolute atomic E-state index is 0.170. The Balaban J connectivity index is 1.83. The monoisotopic (exact) mass is 376 g/mol. The third-order valence-electron chi connectivity index (χ3n) is 3.49. The molecule has 3 rings (SSSR count). The number of amidine groups is 1. The molecule has 0 aromatic heterocycles. The zero-order chi connectivity index (χ0) is 17.1. The van der Waals surface area contributed by atoms with E-state index >= 15 is 0 Å². The number of benzene rings is 2. The molecule has 0 aliphatic carbocycles. The Hall–Kier alpha value is -1.75. The van der Waals surface area contributed by atoms with Crippen LogP contribution in [0.5, 0.6) is 0 Å². The molecule has 2 aromatic rings. The van der Waals surface area contributed by atoms with Gasteiger partial charge < -0.3 is 5.32 Å². The summed E-state index contributed by atoms with van der Waals surface area (Å²) in [5, 5.41) is 4.03. The number of carbonyl (C=O) groups excluding carboxylic acids is 1. The fourth-order valence-corrected chi connectivity index (χ4v) is 3.34. The number of halogens is 2. The van der Waals surface area contributed by atoms with Crippen LogP contribution in [-0.4, -0.2) is 11.1 Å². The molecule has 0 unspecified atom stereocenters. The van der Waals surface area contributed by atoms with Gasteiger partial charge in [0.2, 0.25) is 0 Å². The number of hydrogen-bond acceptors (Lipinski definition) is 3. The largest absolute Gasteiger partial charge is 0.300 e. The minimum Gasteiger partial charge on any atom is -0.300 e. The minimum atomic E-state index is -0.170. The lowest BCUT2D eigenvalue weighted by Gasteiger charge is -2.01. The molecule has 1 saturated heterocycles. The zero-order valence-corrected chi connectivity index (χ0v) is 15.2. The lowest BCUT2D eigenvalue weighted by molar-refractivity contribution is -0.115. The molecule has 3 nitrogen and oxygen atoms in total. The van der Waals surface area contributed by atoms with Crippen LogP contribution < -0.4 is 5.32 Å². The van der Waals surface area contributed by atoms with E-state index < -0.39 is 0 Å². The summed E-state index contributed by atoms with van der Waals surface area (Å²) in [5.74, 6) is -0.170. The number of nitrogens with one attached hydrogen (secondary N) is 1. The van der Waals surface area contributed by atoms with Crippen LogP contribution in [0.4, 0.5) is 5.69 Å². The number of aryl methyl sites for hydroxylation is 1. The first-order valence-electron chi connectivity index (χ1n) is 7.39. The van der Waals surface area contributed by atoms with E-state index in [9.17, 15) is 4.79 Å². The van der Waals surface area contributed by atoms with E-state index in [1.165, 1.54) is 17.3 Å². The van der Waals surface area contributed by atoms with Crippen LogP contribution in [0.25, 0.3) is 6.08 Å². The highest BCUT2D eigenvalue weighted by molar-refractivity contribution is 8.18. The summed E-state index contributed by atoms with van der Waals surface area (Å²) in [5.41, 5.74) is 2.77. The fraction of sp³-hybridized carbons (Fsp3) is 0.111. The van der Waals surface area contributed by atoms with Crippen molar-refractivity contribution in [2.75, 3.05) is 0 Å². The van der Waals surface area contributed by atoms with Gasteiger partial charge in [0.1, 0.15) is 0 Å². The van der Waals surface area contributed by atoms with E-state index in [-0.39, 0.29) is 5.91 Å². The van der Waals surface area contributed by atoms with Crippen LogP contribution in [-0.2, 0) is 11.2 Å². The number of hydrogen-bond donors (Lipinski definition) is 1. The molecule has 0 radical (unpaired) electrons. The molecule has 1 aliphatic rings. The highest BCUT2D eigenvalue weighted by atomic mass is 35.5. The lowest BCUT2D eigenvalue weighted by Crippen LogP contribution is -2.19. The molecule has 6 heteroatoms. The molecule has 1 amide bonds. The van der Waals surface area contributed by atoms with Crippen molar-refractivity contribution in [1.82, 2.24) is 5.32 Å². The normalized spacial score (nSPS) is 17.5. The average Bonchev–Trinajstić information content (AvgIpc) is 2.92. The molecule has 1 heterocycles. The molecule has 2 aromatic carbocycles. The summed E-state index contributed by atoms with van der Waals surface area (Å²) in [7, 11) is 0. The van der Waals surface area contributed by atoms with Gasteiger partial charge in [0.25, 0.3) is 5.91 Å². The second-order valence-electron chi connectivity index (χ2n) is 5.15. The van der Waals surface area contributed by atoms with Gasteiger partial charge in [0.15, 0.2) is 5.17 Å². The van der Waals surface area contributed by atoms with Crippen molar-refractivity contribution in [3.63, 3.8) is 0 Å². The van der Waals surface area contributed by atoms with Crippen LogP contribution in [0.15, 0.2) is 52.4 Å². The maximum Gasteiger partial charge on any atom is 0.264 e. The first kappa shape index (κ1) is 17.1. The molecular formula is C18H14Cl2N2OS. The summed E-state index contributed by atoms with van der Waals surface area (Å²) in [6.07, 6.45) is 2.84. The van der Waals surface area contributed by atoms with Crippen molar-refractivity contribution in [3.8, 4) is 0 Å². The van der Waals surface area contributed by atoms with Crippen LogP contribution in [0, 0.1) is 0 Å². The average molecular weight is 377 g/mol.